The van der Waals surface area contributed by atoms with Crippen molar-refractivity contribution in [1.82, 2.24) is 0 Å². The monoisotopic (exact) mass is 488 g/mol. The Morgan fingerprint density at radius 1 is 0.971 bits per heavy atom. The Hall–Kier alpha value is -3.79. The molecule has 0 heterocycles. The predicted octanol–water partition coefficient (Wildman–Crippen LogP) is 4.28. The number of carbonyl (C=O) groups is 2. The minimum absolute atomic E-state index is 0.116. The molecule has 34 heavy (non-hydrogen) atoms. The molecule has 0 bridgehead atoms. The first kappa shape index (κ1) is 24.8. The molecule has 0 saturated heterocycles. The van der Waals surface area contributed by atoms with E-state index in [1.807, 2.05) is 12.2 Å². The van der Waals surface area contributed by atoms with E-state index in [4.69, 9.17) is 4.74 Å². The topological polar surface area (TPSA) is 92.8 Å². The molecule has 0 aliphatic heterocycles. The number of hydrogen-bond donors (Lipinski definition) is 1. The van der Waals surface area contributed by atoms with Gasteiger partial charge in [0.05, 0.1) is 16.1 Å². The van der Waals surface area contributed by atoms with Gasteiger partial charge in [0, 0.05) is 7.05 Å². The van der Waals surface area contributed by atoms with Crippen molar-refractivity contribution in [2.75, 3.05) is 16.7 Å². The van der Waals surface area contributed by atoms with Gasteiger partial charge in [-0.3, -0.25) is 9.10 Å². The number of para-hydroxylation sites is 1. The molecule has 1 amide bonds. The number of esters is 1. The van der Waals surface area contributed by atoms with Crippen molar-refractivity contribution >= 4 is 33.3 Å². The van der Waals surface area contributed by atoms with Crippen molar-refractivity contribution in [3.8, 4) is 0 Å². The van der Waals surface area contributed by atoms with Crippen LogP contribution in [0.25, 0.3) is 0 Å². The van der Waals surface area contributed by atoms with Gasteiger partial charge >= 0.3 is 5.97 Å². The smallest absolute Gasteiger partial charge is 0.338 e. The molecule has 0 aliphatic rings. The third-order valence-corrected chi connectivity index (χ3v) is 6.77. The van der Waals surface area contributed by atoms with Crippen molar-refractivity contribution in [2.24, 2.45) is 0 Å². The standard InChI is InChI=1S/C24H22F2N2O5S/c1-15-10-12-18(13-11-15)28(3)34(31,32)19-7-4-6-17(14-19)24(30)33-16(2)23(29)27-22-20(25)8-5-9-21(22)26/h4-14,16H,1-3H3,(H,27,29). The molecule has 0 saturated carbocycles. The highest BCUT2D eigenvalue weighted by atomic mass is 32.2. The fraction of sp³-hybridized carbons (Fsp3) is 0.167. The molecule has 3 aromatic rings. The molecule has 0 spiro atoms. The molecule has 1 atom stereocenters. The third kappa shape index (κ3) is 5.40. The second-order valence-corrected chi connectivity index (χ2v) is 9.44. The minimum atomic E-state index is -3.99. The average Bonchev–Trinajstić information content (AvgIpc) is 2.81. The summed E-state index contributed by atoms with van der Waals surface area (Å²) in [5.41, 5.74) is 0.622. The van der Waals surface area contributed by atoms with Gasteiger partial charge in [0.25, 0.3) is 15.9 Å². The Balaban J connectivity index is 1.75. The molecule has 0 radical (unpaired) electrons. The molecular formula is C24H22F2N2O5S. The molecule has 10 heteroatoms. The van der Waals surface area contributed by atoms with Gasteiger partial charge < -0.3 is 10.1 Å². The third-order valence-electron chi connectivity index (χ3n) is 4.99. The first-order chi connectivity index (χ1) is 16.0. The van der Waals surface area contributed by atoms with Crippen LogP contribution in [0.5, 0.6) is 0 Å². The van der Waals surface area contributed by atoms with Crippen LogP contribution in [-0.2, 0) is 19.6 Å². The SMILES string of the molecule is Cc1ccc(N(C)S(=O)(=O)c2cccc(C(=O)OC(C)C(=O)Nc3c(F)cccc3F)c2)cc1. The van der Waals surface area contributed by atoms with Crippen molar-refractivity contribution in [1.29, 1.82) is 0 Å². The molecule has 3 rings (SSSR count). The highest BCUT2D eigenvalue weighted by Crippen LogP contribution is 2.24. The number of ether oxygens (including phenoxy) is 1. The molecule has 0 fully saturated rings. The summed E-state index contributed by atoms with van der Waals surface area (Å²) < 4.78 is 59.7. The van der Waals surface area contributed by atoms with Gasteiger partial charge in [0.2, 0.25) is 0 Å². The van der Waals surface area contributed by atoms with Crippen LogP contribution in [0.4, 0.5) is 20.2 Å². The lowest BCUT2D eigenvalue weighted by atomic mass is 10.2. The van der Waals surface area contributed by atoms with Crippen LogP contribution in [0, 0.1) is 18.6 Å². The molecule has 7 nitrogen and oxygen atoms in total. The van der Waals surface area contributed by atoms with Crippen molar-refractivity contribution in [3.05, 3.63) is 89.5 Å². The zero-order valence-corrected chi connectivity index (χ0v) is 19.4. The first-order valence-electron chi connectivity index (χ1n) is 10.1. The van der Waals surface area contributed by atoms with E-state index in [9.17, 15) is 26.8 Å². The predicted molar refractivity (Wildman–Crippen MR) is 123 cm³/mol. The number of rotatable bonds is 7. The fourth-order valence-electron chi connectivity index (χ4n) is 2.96. The number of nitrogens with one attached hydrogen (secondary N) is 1. The summed E-state index contributed by atoms with van der Waals surface area (Å²) in [5, 5.41) is 2.04. The number of hydrogen-bond acceptors (Lipinski definition) is 5. The highest BCUT2D eigenvalue weighted by Gasteiger charge is 2.25. The van der Waals surface area contributed by atoms with Crippen LogP contribution in [0.1, 0.15) is 22.8 Å². The van der Waals surface area contributed by atoms with E-state index in [2.05, 4.69) is 0 Å². The van der Waals surface area contributed by atoms with Gasteiger partial charge in [-0.1, -0.05) is 29.8 Å². The van der Waals surface area contributed by atoms with Gasteiger partial charge in [-0.05, 0) is 56.3 Å². The second kappa shape index (κ2) is 10.0. The quantitative estimate of drug-likeness (QED) is 0.501. The second-order valence-electron chi connectivity index (χ2n) is 7.47. The normalized spacial score (nSPS) is 12.0. The molecule has 0 aromatic heterocycles. The van der Waals surface area contributed by atoms with Crippen LogP contribution in [0.2, 0.25) is 0 Å². The number of halogens is 2. The van der Waals surface area contributed by atoms with E-state index in [0.717, 1.165) is 34.1 Å². The Kier molecular flexibility index (Phi) is 7.31. The minimum Gasteiger partial charge on any atom is -0.449 e. The first-order valence-corrected chi connectivity index (χ1v) is 11.6. The summed E-state index contributed by atoms with van der Waals surface area (Å²) in [6.07, 6.45) is -1.41. The number of carbonyl (C=O) groups excluding carboxylic acids is 2. The maximum absolute atomic E-state index is 13.7. The zero-order chi connectivity index (χ0) is 25.0. The van der Waals surface area contributed by atoms with Crippen molar-refractivity contribution in [2.45, 2.75) is 24.8 Å². The van der Waals surface area contributed by atoms with E-state index in [0.29, 0.717) is 5.69 Å². The highest BCUT2D eigenvalue weighted by molar-refractivity contribution is 7.92. The largest absolute Gasteiger partial charge is 0.449 e. The Labute approximate surface area is 196 Å². The Morgan fingerprint density at radius 3 is 2.18 bits per heavy atom. The molecule has 0 aliphatic carbocycles. The Bertz CT molecular complexity index is 1310. The fourth-order valence-corrected chi connectivity index (χ4v) is 4.20. The van der Waals surface area contributed by atoms with Gasteiger partial charge in [0.15, 0.2) is 6.10 Å². The van der Waals surface area contributed by atoms with Gasteiger partial charge in [-0.15, -0.1) is 0 Å². The van der Waals surface area contributed by atoms with Crippen LogP contribution in [0.15, 0.2) is 71.6 Å². The summed E-state index contributed by atoms with van der Waals surface area (Å²) in [5.74, 6) is -3.91. The molecule has 1 N–H and O–H groups in total. The van der Waals surface area contributed by atoms with Gasteiger partial charge in [-0.25, -0.2) is 22.0 Å². The number of aryl methyl sites for hydroxylation is 1. The van der Waals surface area contributed by atoms with E-state index in [1.165, 1.54) is 32.2 Å². The number of anilines is 2. The van der Waals surface area contributed by atoms with Crippen LogP contribution < -0.4 is 9.62 Å². The summed E-state index contributed by atoms with van der Waals surface area (Å²) in [4.78, 5) is 24.6. The lowest BCUT2D eigenvalue weighted by Crippen LogP contribution is -2.31. The molecule has 3 aromatic carbocycles. The summed E-state index contributed by atoms with van der Waals surface area (Å²) in [6.45, 7) is 3.10. The van der Waals surface area contributed by atoms with Crippen LogP contribution in [-0.4, -0.2) is 33.4 Å². The molecule has 1 unspecified atom stereocenters. The van der Waals surface area contributed by atoms with E-state index in [-0.39, 0.29) is 10.5 Å². The number of nitrogens with zero attached hydrogens (tertiary/aromatic N) is 1. The molecule has 178 valence electrons. The van der Waals surface area contributed by atoms with Crippen molar-refractivity contribution in [3.63, 3.8) is 0 Å². The van der Waals surface area contributed by atoms with Gasteiger partial charge in [-0.2, -0.15) is 0 Å². The average molecular weight is 489 g/mol. The Morgan fingerprint density at radius 2 is 1.56 bits per heavy atom. The number of sulfonamides is 1. The lowest BCUT2D eigenvalue weighted by molar-refractivity contribution is -0.123. The number of benzene rings is 3. The summed E-state index contributed by atoms with van der Waals surface area (Å²) in [7, 11) is -2.60. The lowest BCUT2D eigenvalue weighted by Gasteiger charge is -2.20. The van der Waals surface area contributed by atoms with Crippen LogP contribution in [0.3, 0.4) is 0 Å². The number of amides is 1. The zero-order valence-electron chi connectivity index (χ0n) is 18.6. The van der Waals surface area contributed by atoms with E-state index >= 15 is 0 Å². The van der Waals surface area contributed by atoms with Gasteiger partial charge in [0.1, 0.15) is 17.3 Å². The van der Waals surface area contributed by atoms with Crippen molar-refractivity contribution < 1.29 is 31.5 Å². The van der Waals surface area contributed by atoms with Crippen LogP contribution >= 0.6 is 0 Å². The maximum Gasteiger partial charge on any atom is 0.338 e. The summed E-state index contributed by atoms with van der Waals surface area (Å²) in [6, 6.07) is 15.1. The summed E-state index contributed by atoms with van der Waals surface area (Å²) >= 11 is 0. The maximum atomic E-state index is 13.7. The van der Waals surface area contributed by atoms with E-state index < -0.39 is 45.3 Å². The molecular weight excluding hydrogens is 466 g/mol. The van der Waals surface area contributed by atoms with E-state index in [1.54, 1.807) is 24.3 Å².